The molecule has 0 aromatic heterocycles. The standard InChI is InChI=1S/C30H63O6P/c1-3-33-27-23-19-15-11-7-5-9-13-17-21-25-29-35-37(31,32)36-30-26-22-18-14-10-6-8-12-16-20-24-28-34-4-2/h3-30H2,1-2H3,(H,31,32). The average Bonchev–Trinajstić information content (AvgIpc) is 2.88. The molecular formula is C30H63O6P. The maximum Gasteiger partial charge on any atom is 0.472 e. The third-order valence-electron chi connectivity index (χ3n) is 6.78. The van der Waals surface area contributed by atoms with E-state index in [9.17, 15) is 9.46 Å². The summed E-state index contributed by atoms with van der Waals surface area (Å²) in [5.41, 5.74) is 0. The molecule has 0 aromatic rings. The molecule has 0 fully saturated rings. The molecule has 0 amide bonds. The van der Waals surface area contributed by atoms with Gasteiger partial charge in [-0.15, -0.1) is 0 Å². The molecular weight excluding hydrogens is 487 g/mol. The lowest BCUT2D eigenvalue weighted by molar-refractivity contribution is 0.142. The van der Waals surface area contributed by atoms with E-state index in [1.165, 1.54) is 116 Å². The van der Waals surface area contributed by atoms with E-state index in [-0.39, 0.29) is 0 Å². The largest absolute Gasteiger partial charge is 0.472 e. The van der Waals surface area contributed by atoms with Gasteiger partial charge in [0.25, 0.3) is 0 Å². The molecule has 0 unspecified atom stereocenters. The minimum Gasteiger partial charge on any atom is -0.382 e. The molecule has 0 aliphatic rings. The van der Waals surface area contributed by atoms with Gasteiger partial charge in [0.1, 0.15) is 0 Å². The zero-order valence-electron chi connectivity index (χ0n) is 24.7. The van der Waals surface area contributed by atoms with Crippen molar-refractivity contribution in [3.63, 3.8) is 0 Å². The van der Waals surface area contributed by atoms with Gasteiger partial charge in [0.15, 0.2) is 0 Å². The van der Waals surface area contributed by atoms with E-state index in [0.29, 0.717) is 13.2 Å². The highest BCUT2D eigenvalue weighted by Crippen LogP contribution is 2.43. The van der Waals surface area contributed by atoms with E-state index in [4.69, 9.17) is 18.5 Å². The van der Waals surface area contributed by atoms with Crippen molar-refractivity contribution in [1.29, 1.82) is 0 Å². The summed E-state index contributed by atoms with van der Waals surface area (Å²) in [7, 11) is -3.88. The molecule has 0 aliphatic heterocycles. The van der Waals surface area contributed by atoms with E-state index < -0.39 is 7.82 Å². The third kappa shape index (κ3) is 32.1. The summed E-state index contributed by atoms with van der Waals surface area (Å²) in [5, 5.41) is 0. The molecule has 0 aliphatic carbocycles. The number of phosphoric ester groups is 1. The molecule has 0 atom stereocenters. The highest BCUT2D eigenvalue weighted by Gasteiger charge is 2.19. The quantitative estimate of drug-likeness (QED) is 0.0663. The van der Waals surface area contributed by atoms with Crippen LogP contribution in [-0.4, -0.2) is 44.5 Å². The maximum atomic E-state index is 12.0. The number of hydrogen-bond acceptors (Lipinski definition) is 5. The lowest BCUT2D eigenvalue weighted by Crippen LogP contribution is -1.99. The summed E-state index contributed by atoms with van der Waals surface area (Å²) in [5.74, 6) is 0. The Morgan fingerprint density at radius 1 is 0.405 bits per heavy atom. The SMILES string of the molecule is CCOCCCCCCCCCCCCCOP(=O)(O)OCCCCCCCCCCCCCOCC. The Bertz CT molecular complexity index is 439. The van der Waals surface area contributed by atoms with Crippen molar-refractivity contribution in [3.05, 3.63) is 0 Å². The van der Waals surface area contributed by atoms with Gasteiger partial charge in [-0.3, -0.25) is 9.05 Å². The second-order valence-electron chi connectivity index (χ2n) is 10.3. The van der Waals surface area contributed by atoms with Gasteiger partial charge in [-0.05, 0) is 39.5 Å². The number of unbranched alkanes of at least 4 members (excludes halogenated alkanes) is 20. The molecule has 0 saturated heterocycles. The highest BCUT2D eigenvalue weighted by atomic mass is 31.2. The fourth-order valence-electron chi connectivity index (χ4n) is 4.48. The molecule has 224 valence electrons. The van der Waals surface area contributed by atoms with Crippen LogP contribution in [0.2, 0.25) is 0 Å². The van der Waals surface area contributed by atoms with Gasteiger partial charge in [-0.25, -0.2) is 4.57 Å². The first-order valence-corrected chi connectivity index (χ1v) is 17.4. The highest BCUT2D eigenvalue weighted by molar-refractivity contribution is 7.47. The summed E-state index contributed by atoms with van der Waals surface area (Å²) < 4.78 is 33.0. The molecule has 6 nitrogen and oxygen atoms in total. The summed E-state index contributed by atoms with van der Waals surface area (Å²) in [6.45, 7) is 8.20. The minimum absolute atomic E-state index is 0.308. The van der Waals surface area contributed by atoms with E-state index >= 15 is 0 Å². The first-order valence-electron chi connectivity index (χ1n) is 15.9. The predicted octanol–water partition coefficient (Wildman–Crippen LogP) is 9.78. The Labute approximate surface area is 230 Å². The van der Waals surface area contributed by atoms with Gasteiger partial charge in [0.2, 0.25) is 0 Å². The zero-order chi connectivity index (χ0) is 27.1. The van der Waals surface area contributed by atoms with Crippen LogP contribution in [0.1, 0.15) is 155 Å². The van der Waals surface area contributed by atoms with Crippen molar-refractivity contribution in [2.45, 2.75) is 155 Å². The topological polar surface area (TPSA) is 74.2 Å². The second kappa shape index (κ2) is 30.6. The van der Waals surface area contributed by atoms with Crippen molar-refractivity contribution >= 4 is 7.82 Å². The van der Waals surface area contributed by atoms with Crippen LogP contribution in [0.5, 0.6) is 0 Å². The first-order chi connectivity index (χ1) is 18.1. The van der Waals surface area contributed by atoms with E-state index in [0.717, 1.165) is 52.1 Å². The second-order valence-corrected chi connectivity index (χ2v) is 11.8. The van der Waals surface area contributed by atoms with E-state index in [1.807, 2.05) is 13.8 Å². The van der Waals surface area contributed by atoms with E-state index in [2.05, 4.69) is 0 Å². The van der Waals surface area contributed by atoms with Gasteiger partial charge in [-0.1, -0.05) is 116 Å². The molecule has 7 heteroatoms. The summed E-state index contributed by atoms with van der Waals surface area (Å²) in [6.07, 6.45) is 26.7. The number of ether oxygens (including phenoxy) is 2. The normalized spacial score (nSPS) is 12.0. The molecule has 0 bridgehead atoms. The van der Waals surface area contributed by atoms with Crippen LogP contribution < -0.4 is 0 Å². The predicted molar refractivity (Wildman–Crippen MR) is 156 cm³/mol. The van der Waals surface area contributed by atoms with Crippen molar-refractivity contribution in [3.8, 4) is 0 Å². The van der Waals surface area contributed by atoms with Crippen molar-refractivity contribution in [2.75, 3.05) is 39.6 Å². The number of phosphoric acid groups is 1. The fourth-order valence-corrected chi connectivity index (χ4v) is 5.27. The lowest BCUT2D eigenvalue weighted by atomic mass is 10.1. The Balaban J connectivity index is 3.28. The van der Waals surface area contributed by atoms with Crippen molar-refractivity contribution in [2.24, 2.45) is 0 Å². The van der Waals surface area contributed by atoms with Crippen LogP contribution in [0.3, 0.4) is 0 Å². The molecule has 37 heavy (non-hydrogen) atoms. The van der Waals surface area contributed by atoms with Crippen LogP contribution in [0.15, 0.2) is 0 Å². The van der Waals surface area contributed by atoms with Crippen LogP contribution in [0, 0.1) is 0 Å². The zero-order valence-corrected chi connectivity index (χ0v) is 25.6. The molecule has 0 radical (unpaired) electrons. The molecule has 0 saturated carbocycles. The Hall–Kier alpha value is 0.0300. The Kier molecular flexibility index (Phi) is 30.6. The monoisotopic (exact) mass is 550 g/mol. The van der Waals surface area contributed by atoms with Gasteiger partial charge in [0, 0.05) is 26.4 Å². The minimum atomic E-state index is -3.88. The number of hydrogen-bond donors (Lipinski definition) is 1. The smallest absolute Gasteiger partial charge is 0.382 e. The molecule has 0 heterocycles. The maximum absolute atomic E-state index is 12.0. The van der Waals surface area contributed by atoms with Crippen LogP contribution in [0.25, 0.3) is 0 Å². The molecule has 0 rings (SSSR count). The van der Waals surface area contributed by atoms with Crippen molar-refractivity contribution in [1.82, 2.24) is 0 Å². The number of rotatable bonds is 32. The fraction of sp³-hybridized carbons (Fsp3) is 1.00. The van der Waals surface area contributed by atoms with Gasteiger partial charge in [-0.2, -0.15) is 0 Å². The lowest BCUT2D eigenvalue weighted by Gasteiger charge is -2.12. The first kappa shape index (κ1) is 37.0. The Morgan fingerprint density at radius 3 is 0.865 bits per heavy atom. The van der Waals surface area contributed by atoms with Gasteiger partial charge >= 0.3 is 7.82 Å². The Morgan fingerprint density at radius 2 is 0.622 bits per heavy atom. The van der Waals surface area contributed by atoms with Crippen LogP contribution in [-0.2, 0) is 23.1 Å². The van der Waals surface area contributed by atoms with Gasteiger partial charge in [0.05, 0.1) is 13.2 Å². The summed E-state index contributed by atoms with van der Waals surface area (Å²) in [6, 6.07) is 0. The van der Waals surface area contributed by atoms with Crippen molar-refractivity contribution < 1.29 is 28.0 Å². The summed E-state index contributed by atoms with van der Waals surface area (Å²) >= 11 is 0. The summed E-state index contributed by atoms with van der Waals surface area (Å²) in [4.78, 5) is 9.82. The van der Waals surface area contributed by atoms with Crippen LogP contribution in [0.4, 0.5) is 0 Å². The molecule has 0 aromatic carbocycles. The average molecular weight is 551 g/mol. The molecule has 0 spiro atoms. The third-order valence-corrected chi connectivity index (χ3v) is 7.80. The molecule has 1 N–H and O–H groups in total. The van der Waals surface area contributed by atoms with Gasteiger partial charge < -0.3 is 14.4 Å². The van der Waals surface area contributed by atoms with Crippen LogP contribution >= 0.6 is 7.82 Å². The van der Waals surface area contributed by atoms with E-state index in [1.54, 1.807) is 0 Å².